The van der Waals surface area contributed by atoms with E-state index in [4.69, 9.17) is 10.5 Å². The third kappa shape index (κ3) is 3.25. The van der Waals surface area contributed by atoms with Crippen LogP contribution in [-0.4, -0.2) is 29.3 Å². The zero-order valence-electron chi connectivity index (χ0n) is 12.7. The molecule has 1 fully saturated rings. The third-order valence-electron chi connectivity index (χ3n) is 3.42. The van der Waals surface area contributed by atoms with Gasteiger partial charge in [0.15, 0.2) is 0 Å². The van der Waals surface area contributed by atoms with Crippen LogP contribution in [0, 0.1) is 6.92 Å². The lowest BCUT2D eigenvalue weighted by atomic mass is 9.99. The molecule has 4 nitrogen and oxygen atoms in total. The molecule has 0 aromatic carbocycles. The molecular formula is C15H25N3O. The van der Waals surface area contributed by atoms with Gasteiger partial charge in [-0.1, -0.05) is 6.07 Å². The van der Waals surface area contributed by atoms with Crippen molar-refractivity contribution in [2.24, 2.45) is 5.73 Å². The summed E-state index contributed by atoms with van der Waals surface area (Å²) >= 11 is 0. The Kier molecular flexibility index (Phi) is 3.58. The average Bonchev–Trinajstić information content (AvgIpc) is 2.24. The smallest absolute Gasteiger partial charge is 0.129 e. The van der Waals surface area contributed by atoms with Gasteiger partial charge in [-0.2, -0.15) is 0 Å². The van der Waals surface area contributed by atoms with Gasteiger partial charge in [0.2, 0.25) is 0 Å². The molecule has 19 heavy (non-hydrogen) atoms. The molecule has 0 amide bonds. The Balaban J connectivity index is 2.28. The number of nitrogens with zero attached hydrogens (tertiary/aromatic N) is 2. The maximum atomic E-state index is 6.10. The van der Waals surface area contributed by atoms with Crippen molar-refractivity contribution < 1.29 is 4.74 Å². The molecule has 1 aromatic heterocycles. The molecule has 0 bridgehead atoms. The van der Waals surface area contributed by atoms with Gasteiger partial charge in [-0.3, -0.25) is 0 Å². The van der Waals surface area contributed by atoms with Gasteiger partial charge >= 0.3 is 0 Å². The largest absolute Gasteiger partial charge is 0.366 e. The minimum atomic E-state index is -0.163. The quantitative estimate of drug-likeness (QED) is 0.889. The maximum Gasteiger partial charge on any atom is 0.129 e. The van der Waals surface area contributed by atoms with Crippen molar-refractivity contribution in [1.29, 1.82) is 0 Å². The second-order valence-corrected chi connectivity index (χ2v) is 6.60. The molecule has 0 saturated carbocycles. The number of hydrogen-bond acceptors (Lipinski definition) is 4. The van der Waals surface area contributed by atoms with Crippen LogP contribution in [0.5, 0.6) is 0 Å². The fraction of sp³-hybridized carbons (Fsp3) is 0.667. The van der Waals surface area contributed by atoms with Gasteiger partial charge < -0.3 is 15.4 Å². The summed E-state index contributed by atoms with van der Waals surface area (Å²) in [5.41, 5.74) is 7.49. The van der Waals surface area contributed by atoms with E-state index in [-0.39, 0.29) is 11.2 Å². The molecular weight excluding hydrogens is 238 g/mol. The van der Waals surface area contributed by atoms with Crippen LogP contribution < -0.4 is 10.6 Å². The number of aromatic nitrogens is 1. The monoisotopic (exact) mass is 263 g/mol. The van der Waals surface area contributed by atoms with Crippen molar-refractivity contribution >= 4 is 5.82 Å². The molecule has 1 saturated heterocycles. The van der Waals surface area contributed by atoms with Crippen molar-refractivity contribution in [3.05, 3.63) is 23.4 Å². The van der Waals surface area contributed by atoms with E-state index in [1.165, 1.54) is 0 Å². The number of morpholine rings is 1. The topological polar surface area (TPSA) is 51.4 Å². The Morgan fingerprint density at radius 1 is 1.21 bits per heavy atom. The Morgan fingerprint density at radius 2 is 1.79 bits per heavy atom. The molecule has 1 aliphatic heterocycles. The van der Waals surface area contributed by atoms with E-state index >= 15 is 0 Å². The van der Waals surface area contributed by atoms with Crippen LogP contribution in [0.15, 0.2) is 12.1 Å². The molecule has 0 radical (unpaired) electrons. The van der Waals surface area contributed by atoms with Crippen molar-refractivity contribution in [3.8, 4) is 0 Å². The fourth-order valence-electron chi connectivity index (χ4n) is 2.92. The first kappa shape index (κ1) is 14.3. The molecule has 1 aliphatic rings. The molecule has 0 spiro atoms. The van der Waals surface area contributed by atoms with Crippen LogP contribution in [0.2, 0.25) is 0 Å². The molecule has 1 aromatic rings. The lowest BCUT2D eigenvalue weighted by molar-refractivity contribution is -0.133. The summed E-state index contributed by atoms with van der Waals surface area (Å²) in [5, 5.41) is 0. The highest BCUT2D eigenvalue weighted by Gasteiger charge is 2.38. The maximum absolute atomic E-state index is 6.10. The average molecular weight is 263 g/mol. The van der Waals surface area contributed by atoms with Crippen LogP contribution in [0.1, 0.15) is 39.0 Å². The SMILES string of the molecule is Cc1nc(N2CC(C)(C)OC(C)(C)C2)ccc1CN. The van der Waals surface area contributed by atoms with Gasteiger partial charge in [0.25, 0.3) is 0 Å². The highest BCUT2D eigenvalue weighted by Crippen LogP contribution is 2.30. The normalized spacial score (nSPS) is 21.5. The van der Waals surface area contributed by atoms with E-state index in [2.05, 4.69) is 49.7 Å². The Bertz CT molecular complexity index is 452. The van der Waals surface area contributed by atoms with E-state index in [1.807, 2.05) is 6.92 Å². The third-order valence-corrected chi connectivity index (χ3v) is 3.42. The second kappa shape index (κ2) is 4.76. The van der Waals surface area contributed by atoms with Gasteiger partial charge in [0.05, 0.1) is 11.2 Å². The number of rotatable bonds is 2. The lowest BCUT2D eigenvalue weighted by Gasteiger charge is -2.47. The first-order chi connectivity index (χ1) is 8.72. The zero-order chi connectivity index (χ0) is 14.3. The van der Waals surface area contributed by atoms with E-state index in [1.54, 1.807) is 0 Å². The number of nitrogens with two attached hydrogens (primary N) is 1. The highest BCUT2D eigenvalue weighted by molar-refractivity contribution is 5.43. The van der Waals surface area contributed by atoms with E-state index < -0.39 is 0 Å². The Labute approximate surface area is 116 Å². The summed E-state index contributed by atoms with van der Waals surface area (Å²) < 4.78 is 6.10. The zero-order valence-corrected chi connectivity index (χ0v) is 12.7. The number of ether oxygens (including phenoxy) is 1. The number of anilines is 1. The summed E-state index contributed by atoms with van der Waals surface area (Å²) in [6.45, 7) is 12.8. The van der Waals surface area contributed by atoms with Crippen molar-refractivity contribution in [3.63, 3.8) is 0 Å². The molecule has 0 aliphatic carbocycles. The summed E-state index contributed by atoms with van der Waals surface area (Å²) in [4.78, 5) is 6.99. The predicted molar refractivity (Wildman–Crippen MR) is 78.3 cm³/mol. The van der Waals surface area contributed by atoms with Gasteiger partial charge in [0, 0.05) is 25.3 Å². The number of hydrogen-bond donors (Lipinski definition) is 1. The highest BCUT2D eigenvalue weighted by atomic mass is 16.5. The Morgan fingerprint density at radius 3 is 2.26 bits per heavy atom. The Hall–Kier alpha value is -1.13. The van der Waals surface area contributed by atoms with Gasteiger partial charge in [-0.15, -0.1) is 0 Å². The van der Waals surface area contributed by atoms with Gasteiger partial charge in [-0.25, -0.2) is 4.98 Å². The number of pyridine rings is 1. The van der Waals surface area contributed by atoms with E-state index in [0.29, 0.717) is 6.54 Å². The van der Waals surface area contributed by atoms with E-state index in [0.717, 1.165) is 30.2 Å². The standard InChI is InChI=1S/C15H25N3O/c1-11-12(8-16)6-7-13(17-11)18-9-14(2,3)19-15(4,5)10-18/h6-7H,8-10,16H2,1-5H3. The van der Waals surface area contributed by atoms with E-state index in [9.17, 15) is 0 Å². The summed E-state index contributed by atoms with van der Waals surface area (Å²) in [6.07, 6.45) is 0. The summed E-state index contributed by atoms with van der Waals surface area (Å²) in [5.74, 6) is 1.01. The van der Waals surface area contributed by atoms with Crippen LogP contribution in [-0.2, 0) is 11.3 Å². The van der Waals surface area contributed by atoms with Crippen molar-refractivity contribution in [2.45, 2.75) is 52.4 Å². The molecule has 106 valence electrons. The lowest BCUT2D eigenvalue weighted by Crippen LogP contribution is -2.57. The molecule has 2 N–H and O–H groups in total. The predicted octanol–water partition coefficient (Wildman–Crippen LogP) is 2.24. The number of aryl methyl sites for hydroxylation is 1. The second-order valence-electron chi connectivity index (χ2n) is 6.60. The first-order valence-electron chi connectivity index (χ1n) is 6.84. The molecule has 2 rings (SSSR count). The van der Waals surface area contributed by atoms with Crippen LogP contribution >= 0.6 is 0 Å². The van der Waals surface area contributed by atoms with Crippen LogP contribution in [0.25, 0.3) is 0 Å². The molecule has 2 heterocycles. The summed E-state index contributed by atoms with van der Waals surface area (Å²) in [6, 6.07) is 4.14. The molecule has 0 atom stereocenters. The first-order valence-corrected chi connectivity index (χ1v) is 6.84. The molecule has 0 unspecified atom stereocenters. The van der Waals surface area contributed by atoms with Crippen molar-refractivity contribution in [2.75, 3.05) is 18.0 Å². The molecule has 4 heteroatoms. The van der Waals surface area contributed by atoms with Crippen LogP contribution in [0.3, 0.4) is 0 Å². The minimum absolute atomic E-state index is 0.163. The van der Waals surface area contributed by atoms with Crippen molar-refractivity contribution in [1.82, 2.24) is 4.98 Å². The van der Waals surface area contributed by atoms with Gasteiger partial charge in [0.1, 0.15) is 5.82 Å². The summed E-state index contributed by atoms with van der Waals surface area (Å²) in [7, 11) is 0. The minimum Gasteiger partial charge on any atom is -0.366 e. The van der Waals surface area contributed by atoms with Crippen LogP contribution in [0.4, 0.5) is 5.82 Å². The van der Waals surface area contributed by atoms with Gasteiger partial charge in [-0.05, 0) is 46.2 Å². The fourth-order valence-corrected chi connectivity index (χ4v) is 2.92.